The normalized spacial score (nSPS) is 12.9. The summed E-state index contributed by atoms with van der Waals surface area (Å²) in [5.74, 6) is 0.855. The van der Waals surface area contributed by atoms with Crippen molar-refractivity contribution in [1.29, 1.82) is 0 Å². The first-order chi connectivity index (χ1) is 16.9. The molecule has 0 spiro atoms. The van der Waals surface area contributed by atoms with Gasteiger partial charge in [-0.05, 0) is 49.7 Å². The largest absolute Gasteiger partial charge is 1.00 e. The third kappa shape index (κ3) is 23.8. The number of aliphatic hydroxyl groups is 1. The van der Waals surface area contributed by atoms with Crippen LogP contribution in [-0.4, -0.2) is 17.8 Å². The Morgan fingerprint density at radius 1 is 0.730 bits per heavy atom. The maximum absolute atomic E-state index is 10.2. The molecule has 0 aliphatic heterocycles. The Morgan fingerprint density at radius 3 is 1.59 bits per heavy atom. The van der Waals surface area contributed by atoms with Gasteiger partial charge in [-0.2, -0.15) is 0 Å². The van der Waals surface area contributed by atoms with Crippen molar-refractivity contribution in [2.75, 3.05) is 6.61 Å². The summed E-state index contributed by atoms with van der Waals surface area (Å²) in [7, 11) is -8.55. The van der Waals surface area contributed by atoms with Crippen molar-refractivity contribution in [3.05, 3.63) is 61.2 Å². The monoisotopic (exact) mass is 668 g/mol. The van der Waals surface area contributed by atoms with Crippen LogP contribution in [0, 0.1) is 14.1 Å². The van der Waals surface area contributed by atoms with Gasteiger partial charge in [-0.1, -0.05) is 88.8 Å². The van der Waals surface area contributed by atoms with Crippen LogP contribution in [0.15, 0.2) is 48.5 Å². The van der Waals surface area contributed by atoms with Gasteiger partial charge < -0.3 is 14.5 Å². The van der Waals surface area contributed by atoms with Gasteiger partial charge in [-0.3, -0.25) is 0 Å². The molecule has 1 N–H and O–H groups in total. The number of aliphatic hydroxyl groups excluding tert-OH is 1. The van der Waals surface area contributed by atoms with Gasteiger partial charge in [0, 0.05) is 0 Å². The van der Waals surface area contributed by atoms with E-state index in [1.54, 1.807) is 0 Å². The van der Waals surface area contributed by atoms with Crippen molar-refractivity contribution in [1.82, 2.24) is 0 Å². The molecular formula is C27H40F6IO2P. The van der Waals surface area contributed by atoms with Gasteiger partial charge in [0.05, 0.1) is 6.10 Å². The molecule has 2 nitrogen and oxygen atoms in total. The van der Waals surface area contributed by atoms with E-state index in [2.05, 4.69) is 50.2 Å². The molecule has 1 atom stereocenters. The van der Waals surface area contributed by atoms with E-state index >= 15 is 0 Å². The summed E-state index contributed by atoms with van der Waals surface area (Å²) in [6, 6.07) is 17.2. The summed E-state index contributed by atoms with van der Waals surface area (Å²) >= 11 is -0.144. The summed E-state index contributed by atoms with van der Waals surface area (Å²) < 4.78 is 57.8. The molecule has 214 valence electrons. The number of hydrogen-bond donors (Lipinski definition) is 1. The minimum atomic E-state index is -8.55. The van der Waals surface area contributed by atoms with Gasteiger partial charge in [-0.15, -0.1) is 0 Å². The minimum Gasteiger partial charge on any atom is -1.00 e. The molecule has 10 heteroatoms. The van der Waals surface area contributed by atoms with E-state index in [0.29, 0.717) is 6.61 Å². The molecule has 0 heterocycles. The second-order valence-corrected chi connectivity index (χ2v) is 13.2. The average molecular weight is 668 g/mol. The Kier molecular flexibility index (Phi) is 18.5. The molecule has 2 rings (SSSR count). The Morgan fingerprint density at radius 2 is 1.14 bits per heavy atom. The molecule has 0 saturated carbocycles. The summed E-state index contributed by atoms with van der Waals surface area (Å²) in [4.78, 5) is 0. The van der Waals surface area contributed by atoms with Crippen molar-refractivity contribution >= 4 is 8.16 Å². The second kappa shape index (κ2) is 19.1. The Labute approximate surface area is 228 Å². The topological polar surface area (TPSA) is 29.5 Å². The van der Waals surface area contributed by atoms with Crippen LogP contribution >= 0.6 is 8.16 Å². The number of benzene rings is 2. The number of ether oxygens (including phenoxy) is 1. The van der Waals surface area contributed by atoms with E-state index in [4.69, 9.17) is 4.74 Å². The maximum atomic E-state index is 10.2. The van der Waals surface area contributed by atoms with Crippen molar-refractivity contribution in [3.63, 3.8) is 0 Å². The first-order valence-electron chi connectivity index (χ1n) is 12.6. The van der Waals surface area contributed by atoms with Gasteiger partial charge in [0.2, 0.25) is 0 Å². The quantitative estimate of drug-likeness (QED) is 0.126. The summed E-state index contributed by atoms with van der Waals surface area (Å²) in [6.07, 6.45) is 13.7. The zero-order valence-corrected chi connectivity index (χ0v) is 24.7. The fraction of sp³-hybridized carbons (Fsp3) is 0.556. The number of aryl methyl sites for hydroxylation is 1. The third-order valence-corrected chi connectivity index (χ3v) is 8.06. The van der Waals surface area contributed by atoms with E-state index in [1.165, 1.54) is 70.5 Å². The molecule has 0 fully saturated rings. The fourth-order valence-electron chi connectivity index (χ4n) is 3.46. The van der Waals surface area contributed by atoms with E-state index in [-0.39, 0.29) is 32.0 Å². The Balaban J connectivity index is 0.00000165. The van der Waals surface area contributed by atoms with Gasteiger partial charge in [-0.25, -0.2) is 0 Å². The molecule has 0 aliphatic rings. The minimum absolute atomic E-state index is 0. The van der Waals surface area contributed by atoms with Crippen LogP contribution in [0.5, 0.6) is 5.75 Å². The first-order valence-corrected chi connectivity index (χ1v) is 16.5. The van der Waals surface area contributed by atoms with Crippen LogP contribution in [0.25, 0.3) is 0 Å². The van der Waals surface area contributed by atoms with Gasteiger partial charge in [0.25, 0.3) is 0 Å². The molecule has 2 aromatic rings. The summed E-state index contributed by atoms with van der Waals surface area (Å²) in [5, 5.41) is 10.2. The van der Waals surface area contributed by atoms with E-state index < -0.39 is 8.16 Å². The molecule has 2 aromatic carbocycles. The number of unbranched alkanes of at least 4 members (excludes halogenated alkanes) is 9. The number of hydrogen-bond acceptors (Lipinski definition) is 2. The molecule has 0 amide bonds. The predicted molar refractivity (Wildman–Crippen MR) is 135 cm³/mol. The molecule has 0 bridgehead atoms. The molecule has 0 aromatic heterocycles. The van der Waals surface area contributed by atoms with Crippen molar-refractivity contribution in [3.8, 4) is 5.75 Å². The third-order valence-electron chi connectivity index (χ3n) is 5.38. The zero-order valence-electron chi connectivity index (χ0n) is 21.6. The van der Waals surface area contributed by atoms with Gasteiger partial charge in [0.1, 0.15) is 12.4 Å². The van der Waals surface area contributed by atoms with Gasteiger partial charge in [0.15, 0.2) is 7.14 Å². The van der Waals surface area contributed by atoms with E-state index in [9.17, 15) is 26.1 Å². The van der Waals surface area contributed by atoms with Crippen LogP contribution < -0.4 is 30.6 Å². The molecule has 0 aliphatic carbocycles. The van der Waals surface area contributed by atoms with E-state index in [0.717, 1.165) is 18.6 Å². The smallest absolute Gasteiger partial charge is 1.00 e. The van der Waals surface area contributed by atoms with E-state index in [1.807, 2.05) is 12.1 Å². The van der Waals surface area contributed by atoms with Crippen LogP contribution in [-0.2, 0) is 0 Å². The number of rotatable bonds is 16. The molecule has 1 unspecified atom stereocenters. The predicted octanol–water partition coefficient (Wildman–Crippen LogP) is 4.14. The average Bonchev–Trinajstić information content (AvgIpc) is 2.80. The van der Waals surface area contributed by atoms with Crippen LogP contribution in [0.3, 0.4) is 0 Å². The van der Waals surface area contributed by atoms with Crippen LogP contribution in [0.4, 0.5) is 21.0 Å². The standard InChI is InChI=1S/C27H40IO2.F5P.FH/c1-3-4-5-6-7-8-9-10-11-12-13-26(29)22-30-27-20-18-25(19-21-27)28-24-16-14-23(2)15-17-24;1-6(2,3,4)5;/h14-21,26,29H,3-13,22H2,1-2H3;;1H/q+1;;/p-1. The summed E-state index contributed by atoms with van der Waals surface area (Å²) in [5.41, 5.74) is 1.31. The van der Waals surface area contributed by atoms with Crippen molar-refractivity contribution < 1.29 is 56.7 Å². The van der Waals surface area contributed by atoms with Crippen LogP contribution in [0.2, 0.25) is 0 Å². The van der Waals surface area contributed by atoms with Crippen molar-refractivity contribution in [2.45, 2.75) is 90.6 Å². The Hall–Kier alpha value is -1.06. The SMILES string of the molecule is CCCCCCCCCCCCC(O)COc1ccc([I+]c2ccc(C)cc2)cc1.FP(F)(F)(F)F.[F-]. The molecule has 0 saturated heterocycles. The first kappa shape index (κ1) is 35.9. The zero-order chi connectivity index (χ0) is 26.9. The van der Waals surface area contributed by atoms with Crippen molar-refractivity contribution in [2.24, 2.45) is 0 Å². The molecular weight excluding hydrogens is 628 g/mol. The summed E-state index contributed by atoms with van der Waals surface area (Å²) in [6.45, 7) is 4.78. The fourth-order valence-corrected chi connectivity index (χ4v) is 5.62. The second-order valence-electron chi connectivity index (χ2n) is 8.92. The number of halogens is 7. The molecule has 0 radical (unpaired) electrons. The Bertz CT molecular complexity index is 813. The maximum Gasteiger partial charge on any atom is -1.00 e. The van der Waals surface area contributed by atoms with Gasteiger partial charge >= 0.3 is 50.3 Å². The molecule has 37 heavy (non-hydrogen) atoms. The van der Waals surface area contributed by atoms with Crippen LogP contribution in [0.1, 0.15) is 83.1 Å².